The third kappa shape index (κ3) is 6.53. The zero-order chi connectivity index (χ0) is 50.8. The van der Waals surface area contributed by atoms with Crippen LogP contribution in [0.2, 0.25) is 0 Å². The van der Waals surface area contributed by atoms with Gasteiger partial charge in [0.1, 0.15) is 0 Å². The Morgan fingerprint density at radius 3 is 0.855 bits per heavy atom. The van der Waals surface area contributed by atoms with E-state index in [4.69, 9.17) is 0 Å². The molecule has 11 aromatic rings. The smallest absolute Gasteiger partial charge is 0.252 e. The van der Waals surface area contributed by atoms with Crippen molar-refractivity contribution in [1.82, 2.24) is 0 Å². The fraction of sp³-hybridized carbons (Fsp3) is 0.0571. The van der Waals surface area contributed by atoms with Gasteiger partial charge >= 0.3 is 0 Å². The lowest BCUT2D eigenvalue weighted by molar-refractivity contribution is 1.23. The summed E-state index contributed by atoms with van der Waals surface area (Å²) in [5.74, 6) is 0. The molecular formula is C70H52B2N4. The average Bonchev–Trinajstić information content (AvgIpc) is 3.48. The zero-order valence-corrected chi connectivity index (χ0v) is 43.0. The van der Waals surface area contributed by atoms with Gasteiger partial charge in [-0.2, -0.15) is 0 Å². The van der Waals surface area contributed by atoms with Crippen LogP contribution in [0.15, 0.2) is 243 Å². The molecule has 4 nitrogen and oxygen atoms in total. The van der Waals surface area contributed by atoms with Crippen LogP contribution < -0.4 is 52.4 Å². The van der Waals surface area contributed by atoms with Crippen molar-refractivity contribution < 1.29 is 0 Å². The van der Waals surface area contributed by atoms with E-state index >= 15 is 0 Å². The van der Waals surface area contributed by atoms with E-state index in [9.17, 15) is 0 Å². The summed E-state index contributed by atoms with van der Waals surface area (Å²) in [5, 5.41) is 0. The van der Waals surface area contributed by atoms with Gasteiger partial charge in [-0.1, -0.05) is 152 Å². The fourth-order valence-electron chi connectivity index (χ4n) is 13.6. The number of hydrogen-bond donors (Lipinski definition) is 0. The summed E-state index contributed by atoms with van der Waals surface area (Å²) < 4.78 is 0. The highest BCUT2D eigenvalue weighted by molar-refractivity contribution is 7.03. The highest BCUT2D eigenvalue weighted by Crippen LogP contribution is 2.51. The molecule has 358 valence electrons. The van der Waals surface area contributed by atoms with Crippen LogP contribution in [0.3, 0.4) is 0 Å². The minimum Gasteiger partial charge on any atom is -0.311 e. The van der Waals surface area contributed by atoms with Crippen LogP contribution >= 0.6 is 0 Å². The van der Waals surface area contributed by atoms with Gasteiger partial charge in [-0.3, -0.25) is 0 Å². The molecule has 0 amide bonds. The van der Waals surface area contributed by atoms with E-state index in [2.05, 4.69) is 290 Å². The number of rotatable bonds is 6. The second-order valence-electron chi connectivity index (χ2n) is 21.0. The Hall–Kier alpha value is -9.25. The molecule has 4 aliphatic rings. The van der Waals surface area contributed by atoms with Crippen molar-refractivity contribution in [2.45, 2.75) is 27.7 Å². The first-order valence-electron chi connectivity index (χ1n) is 26.7. The highest BCUT2D eigenvalue weighted by Gasteiger charge is 2.48. The normalized spacial score (nSPS) is 13.4. The van der Waals surface area contributed by atoms with E-state index in [1.54, 1.807) is 0 Å². The van der Waals surface area contributed by atoms with Crippen molar-refractivity contribution >= 4 is 114 Å². The van der Waals surface area contributed by atoms with Crippen LogP contribution in [-0.2, 0) is 0 Å². The van der Waals surface area contributed by atoms with Gasteiger partial charge in [-0.25, -0.2) is 0 Å². The van der Waals surface area contributed by atoms with E-state index < -0.39 is 0 Å². The summed E-state index contributed by atoms with van der Waals surface area (Å²) in [4.78, 5) is 10.2. The van der Waals surface area contributed by atoms with Gasteiger partial charge in [-0.05, 0) is 196 Å². The number of nitrogens with zero attached hydrogens (tertiary/aromatic N) is 4. The quantitative estimate of drug-likeness (QED) is 0.154. The molecule has 0 fully saturated rings. The molecular weight excluding hydrogens is 918 g/mol. The minimum atomic E-state index is -0.0782. The number of aryl methyl sites for hydroxylation is 4. The monoisotopic (exact) mass is 970 g/mol. The lowest BCUT2D eigenvalue weighted by Gasteiger charge is -2.47. The topological polar surface area (TPSA) is 13.0 Å². The van der Waals surface area contributed by atoms with Crippen molar-refractivity contribution in [3.05, 3.63) is 265 Å². The summed E-state index contributed by atoms with van der Waals surface area (Å²) in [5.41, 5.74) is 31.9. The van der Waals surface area contributed by atoms with Crippen LogP contribution in [0.4, 0.5) is 68.2 Å². The highest BCUT2D eigenvalue weighted by atomic mass is 15.2. The van der Waals surface area contributed by atoms with E-state index in [0.717, 1.165) is 22.7 Å². The average molecular weight is 971 g/mol. The van der Waals surface area contributed by atoms with Crippen LogP contribution in [0.25, 0.3) is 22.3 Å². The molecule has 0 spiro atoms. The van der Waals surface area contributed by atoms with E-state index in [1.165, 1.54) is 123 Å². The molecule has 0 saturated carbocycles. The Bertz CT molecular complexity index is 3840. The molecule has 15 rings (SSSR count). The maximum absolute atomic E-state index is 2.63. The van der Waals surface area contributed by atoms with Gasteiger partial charge in [0.15, 0.2) is 0 Å². The number of anilines is 12. The van der Waals surface area contributed by atoms with E-state index in [1.807, 2.05) is 0 Å². The molecule has 0 aromatic heterocycles. The zero-order valence-electron chi connectivity index (χ0n) is 43.0. The molecule has 0 radical (unpaired) electrons. The van der Waals surface area contributed by atoms with Crippen LogP contribution in [0, 0.1) is 27.7 Å². The Morgan fingerprint density at radius 1 is 0.237 bits per heavy atom. The second-order valence-corrected chi connectivity index (χ2v) is 21.0. The van der Waals surface area contributed by atoms with Gasteiger partial charge in [0.2, 0.25) is 0 Å². The predicted octanol–water partition coefficient (Wildman–Crippen LogP) is 14.4. The first-order chi connectivity index (χ1) is 37.4. The lowest BCUT2D eigenvalue weighted by atomic mass is 9.30. The third-order valence-electron chi connectivity index (χ3n) is 16.7. The summed E-state index contributed by atoms with van der Waals surface area (Å²) in [6, 6.07) is 91.0. The lowest BCUT2D eigenvalue weighted by Crippen LogP contribution is -2.65. The Labute approximate surface area is 446 Å². The molecule has 0 atom stereocenters. The maximum atomic E-state index is 2.63. The van der Waals surface area contributed by atoms with Gasteiger partial charge in [-0.15, -0.1) is 0 Å². The van der Waals surface area contributed by atoms with E-state index in [0.29, 0.717) is 0 Å². The Balaban J connectivity index is 1.09. The molecule has 0 bridgehead atoms. The van der Waals surface area contributed by atoms with E-state index in [-0.39, 0.29) is 13.4 Å². The number of para-hydroxylation sites is 6. The third-order valence-corrected chi connectivity index (χ3v) is 16.7. The molecule has 0 N–H and O–H groups in total. The molecule has 76 heavy (non-hydrogen) atoms. The standard InChI is InChI=1S/C70H52B2N4/c1-45-23-21-24-46(2)67(45)49-39-63-69-65(41-49)75(53-31-13-7-14-32-53)61-44-62-58(43-57(61)71(69)55-35-17-19-37-59(55)73(63)51-27-9-5-10-28-51)72-56-36-18-20-38-60(56)74(52-29-11-6-12-30-52)64-40-50(68-47(3)25-22-26-48(68)4)42-66(70(64)72)76(62)54-33-15-8-16-34-54/h5-44H,1-4H3. The summed E-state index contributed by atoms with van der Waals surface area (Å²) in [6.07, 6.45) is 0. The summed E-state index contributed by atoms with van der Waals surface area (Å²) in [7, 11) is 0. The summed E-state index contributed by atoms with van der Waals surface area (Å²) >= 11 is 0. The first kappa shape index (κ1) is 44.3. The first-order valence-corrected chi connectivity index (χ1v) is 26.7. The van der Waals surface area contributed by atoms with Crippen LogP contribution in [0.5, 0.6) is 0 Å². The molecule has 4 aliphatic heterocycles. The SMILES string of the molecule is Cc1cccc(C)c1-c1cc2c3c(c1)N(c1ccccc1)c1cc4c(cc1B3c1ccccc1N2c1ccccc1)B1c2ccccc2N(c2ccccc2)c2cc(-c3c(C)cccc3C)cc(c21)N4c1ccccc1. The Kier molecular flexibility index (Phi) is 9.99. The van der Waals surface area contributed by atoms with Crippen molar-refractivity contribution in [2.75, 3.05) is 19.6 Å². The molecule has 0 saturated heterocycles. The van der Waals surface area contributed by atoms with Gasteiger partial charge in [0, 0.05) is 68.2 Å². The van der Waals surface area contributed by atoms with Crippen molar-refractivity contribution in [3.8, 4) is 22.3 Å². The van der Waals surface area contributed by atoms with Crippen molar-refractivity contribution in [2.24, 2.45) is 0 Å². The number of benzene rings is 11. The second kappa shape index (κ2) is 17.2. The molecule has 0 aliphatic carbocycles. The van der Waals surface area contributed by atoms with Gasteiger partial charge in [0.25, 0.3) is 13.4 Å². The minimum absolute atomic E-state index is 0.0782. The van der Waals surface area contributed by atoms with Gasteiger partial charge in [0.05, 0.1) is 0 Å². The van der Waals surface area contributed by atoms with Crippen LogP contribution in [-0.4, -0.2) is 13.4 Å². The summed E-state index contributed by atoms with van der Waals surface area (Å²) in [6.45, 7) is 8.87. The fourth-order valence-corrected chi connectivity index (χ4v) is 13.6. The van der Waals surface area contributed by atoms with Crippen molar-refractivity contribution in [3.63, 3.8) is 0 Å². The molecule has 4 heterocycles. The predicted molar refractivity (Wildman–Crippen MR) is 324 cm³/mol. The number of fused-ring (bicyclic) bond motifs is 8. The molecule has 11 aromatic carbocycles. The molecule has 0 unspecified atom stereocenters. The number of hydrogen-bond acceptors (Lipinski definition) is 4. The van der Waals surface area contributed by atoms with Gasteiger partial charge < -0.3 is 19.6 Å². The maximum Gasteiger partial charge on any atom is 0.252 e. The van der Waals surface area contributed by atoms with Crippen molar-refractivity contribution in [1.29, 1.82) is 0 Å². The largest absolute Gasteiger partial charge is 0.311 e. The van der Waals surface area contributed by atoms with Crippen LogP contribution in [0.1, 0.15) is 22.3 Å². The Morgan fingerprint density at radius 2 is 0.526 bits per heavy atom. The molecule has 6 heteroatoms.